The first-order chi connectivity index (χ1) is 20.9. The maximum Gasteiger partial charge on any atom is 0.264 e. The van der Waals surface area contributed by atoms with Crippen molar-refractivity contribution in [2.45, 2.75) is 49.2 Å². The van der Waals surface area contributed by atoms with Crippen molar-refractivity contribution in [3.63, 3.8) is 0 Å². The number of ether oxygens (including phenoxy) is 2. The van der Waals surface area contributed by atoms with Crippen LogP contribution in [-0.2, 0) is 43.9 Å². The van der Waals surface area contributed by atoms with Crippen molar-refractivity contribution in [2.24, 2.45) is 0 Å². The lowest BCUT2D eigenvalue weighted by Gasteiger charge is -2.35. The van der Waals surface area contributed by atoms with E-state index in [1.165, 1.54) is 21.8 Å². The largest absolute Gasteiger partial charge is 0.780 e. The van der Waals surface area contributed by atoms with E-state index in [-0.39, 0.29) is 34.0 Å². The Morgan fingerprint density at radius 2 is 1.32 bits per heavy atom. The van der Waals surface area contributed by atoms with Gasteiger partial charge in [0.05, 0.1) is 25.9 Å². The molecule has 44 heavy (non-hydrogen) atoms. The Balaban J connectivity index is 1.17. The number of halogens is 2. The molecular formula is C20H20BF2N10O8P2S-. The second-order valence-electron chi connectivity index (χ2n) is 9.90. The minimum Gasteiger partial charge on any atom is -0.780 e. The molecule has 3 aliphatic rings. The quantitative estimate of drug-likeness (QED) is 0.210. The van der Waals surface area contributed by atoms with Crippen LogP contribution in [0.15, 0.2) is 25.3 Å². The fourth-order valence-corrected chi connectivity index (χ4v) is 7.62. The topological polar surface area (TPSA) is 235 Å². The van der Waals surface area contributed by atoms with E-state index in [0.717, 1.165) is 12.7 Å². The molecule has 4 aromatic heterocycles. The lowest BCUT2D eigenvalue weighted by Crippen LogP contribution is -2.38. The molecule has 232 valence electrons. The maximum absolute atomic E-state index is 15.9. The Bertz CT molecular complexity index is 1710. The van der Waals surface area contributed by atoms with Crippen LogP contribution < -0.4 is 16.4 Å². The zero-order chi connectivity index (χ0) is 31.0. The monoisotopic (exact) mass is 671 g/mol. The zero-order valence-corrected chi connectivity index (χ0v) is 24.6. The van der Waals surface area contributed by atoms with E-state index in [1.807, 2.05) is 0 Å². The lowest BCUT2D eigenvalue weighted by atomic mass is 10.1. The number of alkyl halides is 2. The summed E-state index contributed by atoms with van der Waals surface area (Å²) < 4.78 is 80.6. The molecule has 2 radical (unpaired) electrons. The molecule has 0 aliphatic carbocycles. The highest BCUT2D eigenvalue weighted by Crippen LogP contribution is 2.53. The highest BCUT2D eigenvalue weighted by molar-refractivity contribution is 8.06. The summed E-state index contributed by atoms with van der Waals surface area (Å²) in [5.41, 5.74) is 12.2. The number of anilines is 2. The van der Waals surface area contributed by atoms with Crippen LogP contribution in [0.5, 0.6) is 0 Å². The predicted octanol–water partition coefficient (Wildman–Crippen LogP) is -0.0198. The van der Waals surface area contributed by atoms with Gasteiger partial charge in [0.1, 0.15) is 54.8 Å². The molecule has 3 saturated heterocycles. The molecule has 4 aromatic rings. The van der Waals surface area contributed by atoms with Gasteiger partial charge in [-0.05, 0) is 0 Å². The van der Waals surface area contributed by atoms with Gasteiger partial charge in [-0.15, -0.1) is 0 Å². The number of nitrogens with two attached hydrogens (primary N) is 2. The molecule has 0 bridgehead atoms. The Morgan fingerprint density at radius 3 is 1.84 bits per heavy atom. The van der Waals surface area contributed by atoms with Crippen LogP contribution in [-0.4, -0.2) is 96.6 Å². The van der Waals surface area contributed by atoms with Gasteiger partial charge in [0.15, 0.2) is 47.7 Å². The summed E-state index contributed by atoms with van der Waals surface area (Å²) in [6.45, 7) is -5.92. The molecule has 24 heteroatoms. The predicted molar refractivity (Wildman–Crippen MR) is 146 cm³/mol. The summed E-state index contributed by atoms with van der Waals surface area (Å²) in [5.74, 6) is 0.0785. The van der Waals surface area contributed by atoms with E-state index >= 15 is 8.78 Å². The van der Waals surface area contributed by atoms with Crippen LogP contribution in [0, 0.1) is 0 Å². The van der Waals surface area contributed by atoms with Crippen LogP contribution in [0.2, 0.25) is 0 Å². The minimum absolute atomic E-state index is 0.0390. The Kier molecular flexibility index (Phi) is 7.43. The van der Waals surface area contributed by atoms with Gasteiger partial charge in [0.2, 0.25) is 7.57 Å². The van der Waals surface area contributed by atoms with Gasteiger partial charge in [-0.25, -0.2) is 38.7 Å². The number of hydrogen-bond acceptors (Lipinski definition) is 17. The summed E-state index contributed by atoms with van der Waals surface area (Å²) in [7, 11) is 1.23. The molecule has 7 heterocycles. The molecule has 4 N–H and O–H groups in total. The second-order valence-corrected chi connectivity index (χ2v) is 14.2. The van der Waals surface area contributed by atoms with Crippen LogP contribution in [0.1, 0.15) is 12.5 Å². The van der Waals surface area contributed by atoms with E-state index in [1.54, 1.807) is 0 Å². The van der Waals surface area contributed by atoms with Gasteiger partial charge in [0, 0.05) is 0 Å². The smallest absolute Gasteiger partial charge is 0.264 e. The summed E-state index contributed by atoms with van der Waals surface area (Å²) in [6.07, 6.45) is -8.51. The SMILES string of the molecule is [B][P@]1(=O)OC[C@H]2O[C@@H](n3cnc4c(N)ncnc43)C(F)[C@H]2OP([O-])(=S)OC[C@H]2O[C@@H](n3cnc4c(N)ncnc43)[C@@H](F)C2O1. The van der Waals surface area contributed by atoms with E-state index in [4.69, 9.17) is 58.4 Å². The minimum atomic E-state index is -4.59. The first kappa shape index (κ1) is 29.9. The Morgan fingerprint density at radius 1 is 0.841 bits per heavy atom. The number of aromatic nitrogens is 8. The van der Waals surface area contributed by atoms with Gasteiger partial charge in [-0.3, -0.25) is 13.7 Å². The molecule has 18 nitrogen and oxygen atoms in total. The summed E-state index contributed by atoms with van der Waals surface area (Å²) in [4.78, 5) is 37.2. The molecule has 0 amide bonds. The van der Waals surface area contributed by atoms with Crippen molar-refractivity contribution in [2.75, 3.05) is 24.7 Å². The molecule has 0 spiro atoms. The highest BCUT2D eigenvalue weighted by atomic mass is 32.5. The van der Waals surface area contributed by atoms with Crippen molar-refractivity contribution in [3.05, 3.63) is 25.3 Å². The van der Waals surface area contributed by atoms with Crippen molar-refractivity contribution in [3.8, 4) is 0 Å². The fourth-order valence-electron chi connectivity index (χ4n) is 5.19. The van der Waals surface area contributed by atoms with Gasteiger partial charge in [0.25, 0.3) is 7.47 Å². The molecule has 7 rings (SSSR count). The van der Waals surface area contributed by atoms with E-state index < -0.39 is 76.6 Å². The Hall–Kier alpha value is -2.78. The molecule has 0 aromatic carbocycles. The van der Waals surface area contributed by atoms with Gasteiger partial charge < -0.3 is 43.9 Å². The molecular weight excluding hydrogens is 651 g/mol. The molecule has 10 atom stereocenters. The first-order valence-electron chi connectivity index (χ1n) is 12.7. The average Bonchev–Trinajstić information content (AvgIpc) is 3.73. The highest BCUT2D eigenvalue weighted by Gasteiger charge is 2.53. The third-order valence-electron chi connectivity index (χ3n) is 7.19. The zero-order valence-electron chi connectivity index (χ0n) is 22.0. The molecule has 0 saturated carbocycles. The first-order valence-corrected chi connectivity index (χ1v) is 16.9. The second kappa shape index (κ2) is 10.9. The van der Waals surface area contributed by atoms with Gasteiger partial charge in [-0.1, -0.05) is 11.8 Å². The van der Waals surface area contributed by atoms with Gasteiger partial charge >= 0.3 is 0 Å². The molecule has 3 aliphatic heterocycles. The van der Waals surface area contributed by atoms with Crippen molar-refractivity contribution < 1.29 is 45.8 Å². The van der Waals surface area contributed by atoms with Crippen LogP contribution in [0.25, 0.3) is 22.3 Å². The number of fused-ring (bicyclic) bond motifs is 4. The van der Waals surface area contributed by atoms with Crippen LogP contribution in [0.4, 0.5) is 20.4 Å². The fraction of sp³-hybridized carbons (Fsp3) is 0.500. The van der Waals surface area contributed by atoms with E-state index in [0.29, 0.717) is 0 Å². The van der Waals surface area contributed by atoms with Crippen LogP contribution in [0.3, 0.4) is 0 Å². The summed E-state index contributed by atoms with van der Waals surface area (Å²) in [6, 6.07) is 0. The standard InChI is InChI=1S/C20H21BF2N10O8P2S/c21-42(34)36-1-7-14(10(23)20(38-7)33-6-31-12-16(25)27-4-29-18(12)33)41-43(35,44)37-2-8-13(40-42)9(22)19(39-8)32-5-30-11-15(24)26-3-28-17(11)32/h3-10,13-14,19-20H,1-2H2,(H,35,44)(H2,24,26,28)(H2,25,27,29)/p-1/t7-,8-,9+,10?,13?,14+,19-,20-,42+,43?/m1/s1. The maximum atomic E-state index is 15.9. The van der Waals surface area contributed by atoms with Crippen LogP contribution >= 0.6 is 14.2 Å². The van der Waals surface area contributed by atoms with E-state index in [9.17, 15) is 9.46 Å². The lowest BCUT2D eigenvalue weighted by molar-refractivity contribution is -0.217. The number of imidazole rings is 2. The average molecular weight is 671 g/mol. The van der Waals surface area contributed by atoms with E-state index in [2.05, 4.69) is 29.9 Å². The normalized spacial score (nSPS) is 38.2. The summed E-state index contributed by atoms with van der Waals surface area (Å²) in [5, 5.41) is 0. The molecule has 3 unspecified atom stereocenters. The van der Waals surface area contributed by atoms with Crippen molar-refractivity contribution in [1.29, 1.82) is 0 Å². The van der Waals surface area contributed by atoms with Gasteiger partial charge in [-0.2, -0.15) is 0 Å². The number of nitrogen functional groups attached to an aromatic ring is 2. The third-order valence-corrected chi connectivity index (χ3v) is 9.78. The number of nitrogens with zero attached hydrogens (tertiary/aromatic N) is 8. The summed E-state index contributed by atoms with van der Waals surface area (Å²) >= 11 is 5.03. The number of rotatable bonds is 2. The third kappa shape index (κ3) is 5.18. The molecule has 3 fully saturated rings. The van der Waals surface area contributed by atoms with Crippen molar-refractivity contribution >= 4 is 67.5 Å². The van der Waals surface area contributed by atoms with Crippen molar-refractivity contribution in [1.82, 2.24) is 39.0 Å². The Labute approximate surface area is 251 Å². The number of hydrogen-bond donors (Lipinski definition) is 2.